The number of amides is 3. The number of halogens is 1. The zero-order valence-electron chi connectivity index (χ0n) is 15.9. The summed E-state index contributed by atoms with van der Waals surface area (Å²) in [5.74, 6) is -1.19. The number of hydrogen-bond acceptors (Lipinski definition) is 5. The van der Waals surface area contributed by atoms with E-state index in [4.69, 9.17) is 17.3 Å². The van der Waals surface area contributed by atoms with Crippen molar-refractivity contribution in [3.05, 3.63) is 86.1 Å². The van der Waals surface area contributed by atoms with E-state index in [1.54, 1.807) is 30.3 Å². The fraction of sp³-hybridized carbons (Fsp3) is 0.136. The van der Waals surface area contributed by atoms with Crippen molar-refractivity contribution in [1.29, 1.82) is 0 Å². The maximum absolute atomic E-state index is 13.0. The van der Waals surface area contributed by atoms with Gasteiger partial charge in [0.15, 0.2) is 0 Å². The minimum atomic E-state index is -0.429. The topological polar surface area (TPSA) is 92.5 Å². The molecule has 6 nitrogen and oxygen atoms in total. The number of thiophene rings is 1. The quantitative estimate of drug-likeness (QED) is 0.569. The average Bonchev–Trinajstić information content (AvgIpc) is 3.27. The van der Waals surface area contributed by atoms with Crippen molar-refractivity contribution in [3.8, 4) is 0 Å². The Bertz CT molecular complexity index is 1140. The van der Waals surface area contributed by atoms with Crippen LogP contribution in [0.2, 0.25) is 4.34 Å². The van der Waals surface area contributed by atoms with E-state index >= 15 is 0 Å². The number of carbonyl (C=O) groups excluding carboxylic acids is 3. The molecule has 3 N–H and O–H groups in total. The van der Waals surface area contributed by atoms with E-state index in [1.165, 1.54) is 4.90 Å². The predicted molar refractivity (Wildman–Crippen MR) is 117 cm³/mol. The molecule has 0 aliphatic carbocycles. The first-order chi connectivity index (χ1) is 14.5. The lowest BCUT2D eigenvalue weighted by Crippen LogP contribution is -2.29. The maximum atomic E-state index is 13.0. The van der Waals surface area contributed by atoms with Gasteiger partial charge in [0.25, 0.3) is 17.7 Å². The molecule has 1 aliphatic heterocycles. The number of fused-ring (bicyclic) bond motifs is 1. The van der Waals surface area contributed by atoms with Gasteiger partial charge in [-0.2, -0.15) is 0 Å². The summed E-state index contributed by atoms with van der Waals surface area (Å²) >= 11 is 7.03. The molecule has 0 saturated carbocycles. The van der Waals surface area contributed by atoms with Gasteiger partial charge in [0, 0.05) is 0 Å². The molecular formula is C22H18ClN3O3S. The second-order valence-corrected chi connectivity index (χ2v) is 8.55. The van der Waals surface area contributed by atoms with Crippen LogP contribution in [0.15, 0.2) is 54.6 Å². The minimum Gasteiger partial charge on any atom is -0.330 e. The number of nitrogens with two attached hydrogens (primary N) is 1. The Morgan fingerprint density at radius 3 is 2.40 bits per heavy atom. The van der Waals surface area contributed by atoms with Gasteiger partial charge in [0.05, 0.1) is 32.6 Å². The first-order valence-corrected chi connectivity index (χ1v) is 10.5. The molecule has 0 atom stereocenters. The number of carbonyl (C=O) groups is 3. The maximum Gasteiger partial charge on any atom is 0.265 e. The third-order valence-electron chi connectivity index (χ3n) is 4.84. The Labute approximate surface area is 182 Å². The summed E-state index contributed by atoms with van der Waals surface area (Å²) in [7, 11) is 0. The van der Waals surface area contributed by atoms with Crippen molar-refractivity contribution < 1.29 is 14.4 Å². The van der Waals surface area contributed by atoms with Gasteiger partial charge in [-0.1, -0.05) is 41.9 Å². The second kappa shape index (κ2) is 8.39. The van der Waals surface area contributed by atoms with E-state index in [9.17, 15) is 14.4 Å². The molecular weight excluding hydrogens is 422 g/mol. The Morgan fingerprint density at radius 1 is 1.00 bits per heavy atom. The zero-order chi connectivity index (χ0) is 21.3. The van der Waals surface area contributed by atoms with Crippen molar-refractivity contribution >= 4 is 46.3 Å². The molecule has 1 aliphatic rings. The van der Waals surface area contributed by atoms with Crippen molar-refractivity contribution in [2.24, 2.45) is 5.73 Å². The van der Waals surface area contributed by atoms with Crippen LogP contribution in [-0.4, -0.2) is 29.2 Å². The fourth-order valence-corrected chi connectivity index (χ4v) is 4.30. The highest BCUT2D eigenvalue weighted by molar-refractivity contribution is 7.18. The van der Waals surface area contributed by atoms with Crippen LogP contribution in [0.1, 0.15) is 41.5 Å². The summed E-state index contributed by atoms with van der Waals surface area (Å²) in [5, 5.41) is 2.73. The monoisotopic (exact) mass is 439 g/mol. The van der Waals surface area contributed by atoms with E-state index in [0.29, 0.717) is 21.4 Å². The molecule has 152 valence electrons. The lowest BCUT2D eigenvalue weighted by atomic mass is 10.1. The minimum absolute atomic E-state index is 0.156. The highest BCUT2D eigenvalue weighted by Crippen LogP contribution is 2.31. The van der Waals surface area contributed by atoms with E-state index in [0.717, 1.165) is 28.9 Å². The van der Waals surface area contributed by atoms with Crippen molar-refractivity contribution in [1.82, 2.24) is 4.90 Å². The second-order valence-electron chi connectivity index (χ2n) is 6.84. The lowest BCUT2D eigenvalue weighted by molar-refractivity contribution is 0.0642. The Balaban J connectivity index is 1.57. The molecule has 0 fully saturated rings. The molecule has 1 aromatic heterocycles. The summed E-state index contributed by atoms with van der Waals surface area (Å²) < 4.78 is 0.494. The smallest absolute Gasteiger partial charge is 0.265 e. The van der Waals surface area contributed by atoms with Crippen molar-refractivity contribution in [2.45, 2.75) is 13.0 Å². The molecule has 2 heterocycles. The van der Waals surface area contributed by atoms with E-state index in [2.05, 4.69) is 5.32 Å². The molecule has 3 aromatic rings. The number of nitrogens with one attached hydrogen (secondary N) is 1. The molecule has 30 heavy (non-hydrogen) atoms. The first kappa shape index (κ1) is 20.3. The van der Waals surface area contributed by atoms with Crippen LogP contribution in [0.4, 0.5) is 5.69 Å². The first-order valence-electron chi connectivity index (χ1n) is 9.31. The molecule has 2 aromatic carbocycles. The van der Waals surface area contributed by atoms with Gasteiger partial charge in [0.2, 0.25) is 0 Å². The predicted octanol–water partition coefficient (Wildman–Crippen LogP) is 3.95. The normalized spacial score (nSPS) is 12.9. The van der Waals surface area contributed by atoms with Crippen LogP contribution >= 0.6 is 22.9 Å². The van der Waals surface area contributed by atoms with Gasteiger partial charge in [-0.25, -0.2) is 0 Å². The van der Waals surface area contributed by atoms with Gasteiger partial charge < -0.3 is 11.1 Å². The van der Waals surface area contributed by atoms with Gasteiger partial charge >= 0.3 is 0 Å². The largest absolute Gasteiger partial charge is 0.330 e. The molecule has 8 heteroatoms. The third-order valence-corrected chi connectivity index (χ3v) is 6.07. The van der Waals surface area contributed by atoms with Crippen LogP contribution in [-0.2, 0) is 13.0 Å². The average molecular weight is 440 g/mol. The molecule has 3 amide bonds. The Morgan fingerprint density at radius 2 is 1.73 bits per heavy atom. The van der Waals surface area contributed by atoms with Gasteiger partial charge in [-0.05, 0) is 48.4 Å². The Hall–Kier alpha value is -3.00. The van der Waals surface area contributed by atoms with Crippen LogP contribution in [0.3, 0.4) is 0 Å². The van der Waals surface area contributed by atoms with Crippen LogP contribution < -0.4 is 11.1 Å². The SMILES string of the molecule is NCCc1ccc(CN2C(=O)c3cccc(NC(=O)c4ccc(Cl)s4)c3C2=O)cc1. The van der Waals surface area contributed by atoms with Crippen LogP contribution in [0.5, 0.6) is 0 Å². The summed E-state index contributed by atoms with van der Waals surface area (Å²) in [4.78, 5) is 40.0. The summed E-state index contributed by atoms with van der Waals surface area (Å²) in [5.41, 5.74) is 8.30. The number of hydrogen-bond donors (Lipinski definition) is 2. The summed E-state index contributed by atoms with van der Waals surface area (Å²) in [6.07, 6.45) is 0.770. The van der Waals surface area contributed by atoms with Gasteiger partial charge in [-0.15, -0.1) is 11.3 Å². The standard InChI is InChI=1S/C22H18ClN3O3S/c23-18-9-8-17(30-18)20(27)25-16-3-1-2-15-19(16)22(29)26(21(15)28)12-14-6-4-13(5-7-14)10-11-24/h1-9H,10-12,24H2,(H,25,27). The van der Waals surface area contributed by atoms with E-state index < -0.39 is 5.91 Å². The van der Waals surface area contributed by atoms with Crippen molar-refractivity contribution in [3.63, 3.8) is 0 Å². The highest BCUT2D eigenvalue weighted by atomic mass is 35.5. The number of imide groups is 1. The molecule has 0 unspecified atom stereocenters. The molecule has 0 bridgehead atoms. The molecule has 0 saturated heterocycles. The van der Waals surface area contributed by atoms with Crippen LogP contribution in [0, 0.1) is 0 Å². The molecule has 0 radical (unpaired) electrons. The molecule has 0 spiro atoms. The number of benzene rings is 2. The molecule has 4 rings (SSSR count). The van der Waals surface area contributed by atoms with Crippen LogP contribution in [0.25, 0.3) is 0 Å². The van der Waals surface area contributed by atoms with Gasteiger partial charge in [0.1, 0.15) is 0 Å². The third kappa shape index (κ3) is 3.87. The van der Waals surface area contributed by atoms with E-state index in [-0.39, 0.29) is 29.5 Å². The number of nitrogens with zero attached hydrogens (tertiary/aromatic N) is 1. The lowest BCUT2D eigenvalue weighted by Gasteiger charge is -2.14. The van der Waals surface area contributed by atoms with E-state index in [1.807, 2.05) is 24.3 Å². The Kier molecular flexibility index (Phi) is 5.67. The zero-order valence-corrected chi connectivity index (χ0v) is 17.4. The summed E-state index contributed by atoms with van der Waals surface area (Å²) in [6.45, 7) is 0.715. The highest BCUT2D eigenvalue weighted by Gasteiger charge is 2.37. The fourth-order valence-electron chi connectivity index (χ4n) is 3.36. The van der Waals surface area contributed by atoms with Crippen molar-refractivity contribution in [2.75, 3.05) is 11.9 Å². The summed E-state index contributed by atoms with van der Waals surface area (Å²) in [6, 6.07) is 15.8. The van der Waals surface area contributed by atoms with Gasteiger partial charge in [-0.3, -0.25) is 19.3 Å². The number of anilines is 1. The number of rotatable bonds is 6.